The number of morpholine rings is 1. The van der Waals surface area contributed by atoms with Gasteiger partial charge in [0.15, 0.2) is 5.82 Å². The smallest absolute Gasteiger partial charge is 0.244 e. The maximum Gasteiger partial charge on any atom is 0.244 e. The highest BCUT2D eigenvalue weighted by atomic mass is 16.5. The van der Waals surface area contributed by atoms with Gasteiger partial charge in [0.25, 0.3) is 0 Å². The van der Waals surface area contributed by atoms with Crippen LogP contribution in [0.5, 0.6) is 0 Å². The van der Waals surface area contributed by atoms with Crippen LogP contribution < -0.4 is 5.32 Å². The van der Waals surface area contributed by atoms with Crippen molar-refractivity contribution in [2.75, 3.05) is 19.6 Å². The molecule has 0 aromatic carbocycles. The average molecular weight is 336 g/mol. The Labute approximate surface area is 143 Å². The number of carbonyl (C=O) groups is 1. The molecule has 0 bridgehead atoms. The van der Waals surface area contributed by atoms with Gasteiger partial charge < -0.3 is 14.2 Å². The van der Waals surface area contributed by atoms with Gasteiger partial charge in [-0.05, 0) is 32.6 Å². The van der Waals surface area contributed by atoms with Crippen LogP contribution in [0.4, 0.5) is 0 Å². The van der Waals surface area contributed by atoms with Crippen molar-refractivity contribution >= 4 is 5.91 Å². The first-order valence-electron chi connectivity index (χ1n) is 8.94. The summed E-state index contributed by atoms with van der Waals surface area (Å²) >= 11 is 0. The average Bonchev–Trinajstić information content (AvgIpc) is 3.25. The third kappa shape index (κ3) is 4.13. The number of ether oxygens (including phenoxy) is 1. The molecule has 0 unspecified atom stereocenters. The molecule has 1 aromatic rings. The van der Waals surface area contributed by atoms with Gasteiger partial charge in [0.2, 0.25) is 11.8 Å². The Bertz CT molecular complexity index is 560. The van der Waals surface area contributed by atoms with Gasteiger partial charge in [-0.15, -0.1) is 0 Å². The molecule has 1 saturated heterocycles. The fourth-order valence-corrected chi connectivity index (χ4v) is 3.18. The lowest BCUT2D eigenvalue weighted by Crippen LogP contribution is -2.51. The standard InChI is InChI=1S/C17H28N4O3/c1-10(2)15(17-19-16(20-24-17)13-5-6-13)18-7-14(22)21-8-11(3)23-12(4)9-21/h10-13,15,18H,5-9H2,1-4H3/t11-,12-,15+/m1/s1. The summed E-state index contributed by atoms with van der Waals surface area (Å²) in [7, 11) is 0. The first-order valence-corrected chi connectivity index (χ1v) is 8.94. The van der Waals surface area contributed by atoms with Crippen molar-refractivity contribution in [3.05, 3.63) is 11.7 Å². The van der Waals surface area contributed by atoms with Crippen LogP contribution in [0, 0.1) is 5.92 Å². The highest BCUT2D eigenvalue weighted by Gasteiger charge is 2.32. The molecule has 7 heteroatoms. The van der Waals surface area contributed by atoms with Crippen molar-refractivity contribution in [1.29, 1.82) is 0 Å². The third-order valence-corrected chi connectivity index (χ3v) is 4.58. The molecule has 0 radical (unpaired) electrons. The maximum absolute atomic E-state index is 12.5. The van der Waals surface area contributed by atoms with Gasteiger partial charge in [-0.3, -0.25) is 10.1 Å². The van der Waals surface area contributed by atoms with Crippen LogP contribution in [0.1, 0.15) is 64.2 Å². The van der Waals surface area contributed by atoms with Gasteiger partial charge in [-0.1, -0.05) is 19.0 Å². The first-order chi connectivity index (χ1) is 11.4. The molecule has 1 aromatic heterocycles. The molecule has 1 amide bonds. The van der Waals surface area contributed by atoms with Crippen LogP contribution in [0.15, 0.2) is 4.52 Å². The molecular weight excluding hydrogens is 308 g/mol. The number of rotatable bonds is 6. The largest absolute Gasteiger partial charge is 0.372 e. The number of hydrogen-bond acceptors (Lipinski definition) is 6. The van der Waals surface area contributed by atoms with E-state index >= 15 is 0 Å². The molecule has 1 saturated carbocycles. The molecule has 1 N–H and O–H groups in total. The number of hydrogen-bond donors (Lipinski definition) is 1. The molecule has 2 fully saturated rings. The molecule has 3 atom stereocenters. The monoisotopic (exact) mass is 336 g/mol. The number of carbonyl (C=O) groups excluding carboxylic acids is 1. The van der Waals surface area contributed by atoms with Crippen LogP contribution in [0.2, 0.25) is 0 Å². The normalized spacial score (nSPS) is 26.0. The van der Waals surface area contributed by atoms with Crippen molar-refractivity contribution in [3.8, 4) is 0 Å². The van der Waals surface area contributed by atoms with E-state index in [9.17, 15) is 4.79 Å². The topological polar surface area (TPSA) is 80.5 Å². The van der Waals surface area contributed by atoms with E-state index in [1.807, 2.05) is 18.7 Å². The highest BCUT2D eigenvalue weighted by molar-refractivity contribution is 5.78. The SMILES string of the molecule is CC(C)[C@H](NCC(=O)N1C[C@@H](C)O[C@H](C)C1)c1nc(C2CC2)no1. The summed E-state index contributed by atoms with van der Waals surface area (Å²) in [6, 6.07) is -0.107. The molecule has 3 rings (SSSR count). The Kier molecular flexibility index (Phi) is 5.20. The zero-order valence-corrected chi connectivity index (χ0v) is 15.0. The van der Waals surface area contributed by atoms with Crippen molar-refractivity contribution in [2.24, 2.45) is 5.92 Å². The lowest BCUT2D eigenvalue weighted by molar-refractivity contribution is -0.142. The van der Waals surface area contributed by atoms with Crippen LogP contribution in [0.25, 0.3) is 0 Å². The maximum atomic E-state index is 12.5. The number of nitrogens with one attached hydrogen (secondary N) is 1. The Hall–Kier alpha value is -1.47. The summed E-state index contributed by atoms with van der Waals surface area (Å²) < 4.78 is 11.1. The second-order valence-electron chi connectivity index (χ2n) is 7.42. The van der Waals surface area contributed by atoms with E-state index < -0.39 is 0 Å². The van der Waals surface area contributed by atoms with E-state index in [1.54, 1.807) is 0 Å². The summed E-state index contributed by atoms with van der Waals surface area (Å²) in [6.07, 6.45) is 2.45. The number of amides is 1. The Balaban J connectivity index is 1.58. The minimum absolute atomic E-state index is 0.0793. The predicted octanol–water partition coefficient (Wildman–Crippen LogP) is 1.87. The fraction of sp³-hybridized carbons (Fsp3) is 0.824. The number of nitrogens with zero attached hydrogens (tertiary/aromatic N) is 3. The van der Waals surface area contributed by atoms with Gasteiger partial charge in [0.05, 0.1) is 24.8 Å². The summed E-state index contributed by atoms with van der Waals surface area (Å²) in [5.74, 6) is 2.20. The van der Waals surface area contributed by atoms with Crippen LogP contribution in [-0.2, 0) is 9.53 Å². The molecule has 1 aliphatic heterocycles. The van der Waals surface area contributed by atoms with E-state index in [2.05, 4.69) is 29.3 Å². The van der Waals surface area contributed by atoms with Gasteiger partial charge in [-0.25, -0.2) is 0 Å². The van der Waals surface area contributed by atoms with E-state index in [4.69, 9.17) is 9.26 Å². The molecule has 134 valence electrons. The molecule has 7 nitrogen and oxygen atoms in total. The van der Waals surface area contributed by atoms with E-state index in [0.29, 0.717) is 24.9 Å². The van der Waals surface area contributed by atoms with Gasteiger partial charge in [-0.2, -0.15) is 4.98 Å². The van der Waals surface area contributed by atoms with E-state index in [0.717, 1.165) is 18.7 Å². The van der Waals surface area contributed by atoms with Crippen LogP contribution in [0.3, 0.4) is 0 Å². The van der Waals surface area contributed by atoms with E-state index in [-0.39, 0.29) is 36.6 Å². The molecule has 0 spiro atoms. The van der Waals surface area contributed by atoms with Crippen molar-refractivity contribution in [2.45, 2.75) is 64.7 Å². The zero-order valence-electron chi connectivity index (χ0n) is 15.0. The van der Waals surface area contributed by atoms with Crippen LogP contribution in [-0.4, -0.2) is 52.8 Å². The lowest BCUT2D eigenvalue weighted by atomic mass is 10.0. The Morgan fingerprint density at radius 2 is 1.96 bits per heavy atom. The summed E-state index contributed by atoms with van der Waals surface area (Å²) in [5.41, 5.74) is 0. The number of aromatic nitrogens is 2. The van der Waals surface area contributed by atoms with Crippen molar-refractivity contribution < 1.29 is 14.1 Å². The third-order valence-electron chi connectivity index (χ3n) is 4.58. The highest BCUT2D eigenvalue weighted by Crippen LogP contribution is 2.38. The minimum Gasteiger partial charge on any atom is -0.372 e. The van der Waals surface area contributed by atoms with Crippen molar-refractivity contribution in [3.63, 3.8) is 0 Å². The minimum atomic E-state index is -0.107. The Morgan fingerprint density at radius 3 is 2.54 bits per heavy atom. The molecule has 24 heavy (non-hydrogen) atoms. The molecular formula is C17H28N4O3. The summed E-state index contributed by atoms with van der Waals surface area (Å²) in [5, 5.41) is 7.39. The summed E-state index contributed by atoms with van der Waals surface area (Å²) in [4.78, 5) is 18.9. The Morgan fingerprint density at radius 1 is 1.29 bits per heavy atom. The lowest BCUT2D eigenvalue weighted by Gasteiger charge is -2.35. The molecule has 1 aliphatic carbocycles. The second kappa shape index (κ2) is 7.19. The fourth-order valence-electron chi connectivity index (χ4n) is 3.18. The summed E-state index contributed by atoms with van der Waals surface area (Å²) in [6.45, 7) is 9.72. The predicted molar refractivity (Wildman–Crippen MR) is 88.4 cm³/mol. The van der Waals surface area contributed by atoms with Gasteiger partial charge in [0, 0.05) is 19.0 Å². The molecule has 2 heterocycles. The second-order valence-corrected chi connectivity index (χ2v) is 7.42. The first kappa shape index (κ1) is 17.4. The van der Waals surface area contributed by atoms with Crippen LogP contribution >= 0.6 is 0 Å². The molecule has 2 aliphatic rings. The van der Waals surface area contributed by atoms with Gasteiger partial charge in [0.1, 0.15) is 0 Å². The van der Waals surface area contributed by atoms with E-state index in [1.165, 1.54) is 0 Å². The zero-order chi connectivity index (χ0) is 17.3. The van der Waals surface area contributed by atoms with Gasteiger partial charge >= 0.3 is 0 Å². The quantitative estimate of drug-likeness (QED) is 0.854. The van der Waals surface area contributed by atoms with Crippen molar-refractivity contribution in [1.82, 2.24) is 20.4 Å².